The molecule has 0 rings (SSSR count). The van der Waals surface area contributed by atoms with Gasteiger partial charge in [0.1, 0.15) is 0 Å². The fraction of sp³-hybridized carbons (Fsp3) is 1.00. The maximum atomic E-state index is 5.53. The van der Waals surface area contributed by atoms with Crippen LogP contribution in [0.4, 0.5) is 0 Å². The first-order chi connectivity index (χ1) is 6.70. The Morgan fingerprint density at radius 1 is 0.933 bits per heavy atom. The molecule has 90 valence electrons. The van der Waals surface area contributed by atoms with Crippen molar-refractivity contribution >= 4 is 6.92 Å². The minimum atomic E-state index is -0.216. The van der Waals surface area contributed by atoms with Crippen molar-refractivity contribution in [2.75, 3.05) is 0 Å². The molecule has 0 aliphatic rings. The summed E-state index contributed by atoms with van der Waals surface area (Å²) in [4.78, 5) is 10.9. The van der Waals surface area contributed by atoms with Crippen LogP contribution in [-0.4, -0.2) is 12.5 Å². The molecule has 0 bridgehead atoms. The third-order valence-electron chi connectivity index (χ3n) is 1.90. The summed E-state index contributed by atoms with van der Waals surface area (Å²) in [6, 6.07) is 0. The van der Waals surface area contributed by atoms with E-state index < -0.39 is 0 Å². The third-order valence-corrected chi connectivity index (χ3v) is 1.90. The smallest absolute Gasteiger partial charge is 0.304 e. The zero-order valence-corrected chi connectivity index (χ0v) is 11.5. The molecule has 0 aromatic carbocycles. The van der Waals surface area contributed by atoms with E-state index in [9.17, 15) is 0 Å². The molecule has 0 amide bonds. The minimum absolute atomic E-state index is 0.216. The number of hydrogen-bond acceptors (Lipinski definition) is 2. The number of rotatable bonds is 6. The minimum Gasteiger partial charge on any atom is -0.304 e. The topological polar surface area (TPSA) is 18.5 Å². The van der Waals surface area contributed by atoms with Crippen molar-refractivity contribution in [1.29, 1.82) is 0 Å². The van der Waals surface area contributed by atoms with Crippen molar-refractivity contribution in [2.45, 2.75) is 66.7 Å². The normalized spacial score (nSPS) is 12.6. The third kappa shape index (κ3) is 10.3. The van der Waals surface area contributed by atoms with Crippen LogP contribution in [0.5, 0.6) is 0 Å². The Balaban J connectivity index is 4.01. The zero-order valence-electron chi connectivity index (χ0n) is 11.5. The summed E-state index contributed by atoms with van der Waals surface area (Å²) in [5, 5.41) is 0. The van der Waals surface area contributed by atoms with Gasteiger partial charge in [0.2, 0.25) is 0 Å². The van der Waals surface area contributed by atoms with Gasteiger partial charge in [-0.05, 0) is 33.4 Å². The monoisotopic (exact) mass is 214 g/mol. The molecular formula is C12H27BO2. The Morgan fingerprint density at radius 2 is 1.33 bits per heavy atom. The summed E-state index contributed by atoms with van der Waals surface area (Å²) in [6.45, 7) is 15.1. The van der Waals surface area contributed by atoms with Crippen LogP contribution in [0.2, 0.25) is 12.6 Å². The molecule has 0 fully saturated rings. The zero-order chi connectivity index (χ0) is 12.1. The highest BCUT2D eigenvalue weighted by Gasteiger charge is 2.23. The molecule has 0 aromatic heterocycles. The fourth-order valence-electron chi connectivity index (χ4n) is 1.44. The van der Waals surface area contributed by atoms with Gasteiger partial charge in [0.15, 0.2) is 0 Å². The Hall–Kier alpha value is -0.0151. The molecule has 0 saturated heterocycles. The standard InChI is InChI=1S/C12H27BO2/c1-10(2)8-13(9-11(3)4)15-14-12(5,6)7/h10-11H,8-9H2,1-7H3. The van der Waals surface area contributed by atoms with Gasteiger partial charge in [-0.25, -0.2) is 4.89 Å². The van der Waals surface area contributed by atoms with Crippen LogP contribution in [0, 0.1) is 11.8 Å². The molecule has 15 heavy (non-hydrogen) atoms. The lowest BCUT2D eigenvalue weighted by atomic mass is 9.56. The van der Waals surface area contributed by atoms with Crippen LogP contribution in [-0.2, 0) is 9.69 Å². The molecule has 0 N–H and O–H groups in total. The highest BCUT2D eigenvalue weighted by molar-refractivity contribution is 6.51. The van der Waals surface area contributed by atoms with Crippen molar-refractivity contribution in [3.63, 3.8) is 0 Å². The second-order valence-electron chi connectivity index (χ2n) is 6.17. The van der Waals surface area contributed by atoms with Crippen molar-refractivity contribution in [3.05, 3.63) is 0 Å². The average molecular weight is 214 g/mol. The van der Waals surface area contributed by atoms with Gasteiger partial charge in [0.05, 0.1) is 5.60 Å². The van der Waals surface area contributed by atoms with E-state index in [1.165, 1.54) is 0 Å². The van der Waals surface area contributed by atoms with E-state index in [4.69, 9.17) is 9.69 Å². The second-order valence-corrected chi connectivity index (χ2v) is 6.17. The molecular weight excluding hydrogens is 187 g/mol. The van der Waals surface area contributed by atoms with Crippen LogP contribution in [0.3, 0.4) is 0 Å². The van der Waals surface area contributed by atoms with Crippen molar-refractivity contribution in [3.8, 4) is 0 Å². The van der Waals surface area contributed by atoms with Crippen LogP contribution in [0.15, 0.2) is 0 Å². The van der Waals surface area contributed by atoms with Gasteiger partial charge < -0.3 is 4.81 Å². The van der Waals surface area contributed by atoms with Crippen LogP contribution >= 0.6 is 0 Å². The summed E-state index contributed by atoms with van der Waals surface area (Å²) < 4.78 is 0. The molecule has 0 radical (unpaired) electrons. The maximum Gasteiger partial charge on any atom is 0.340 e. The largest absolute Gasteiger partial charge is 0.340 e. The van der Waals surface area contributed by atoms with E-state index in [2.05, 4.69) is 27.7 Å². The first kappa shape index (κ1) is 15.0. The number of hydrogen-bond donors (Lipinski definition) is 0. The maximum absolute atomic E-state index is 5.53. The predicted octanol–water partition coefficient (Wildman–Crippen LogP) is 4.04. The van der Waals surface area contributed by atoms with E-state index in [-0.39, 0.29) is 12.5 Å². The molecule has 0 atom stereocenters. The van der Waals surface area contributed by atoms with Crippen LogP contribution in [0.25, 0.3) is 0 Å². The van der Waals surface area contributed by atoms with E-state index in [1.54, 1.807) is 0 Å². The molecule has 0 heterocycles. The van der Waals surface area contributed by atoms with Gasteiger partial charge >= 0.3 is 6.92 Å². The van der Waals surface area contributed by atoms with Gasteiger partial charge in [-0.3, -0.25) is 0 Å². The van der Waals surface area contributed by atoms with E-state index in [0.29, 0.717) is 11.8 Å². The van der Waals surface area contributed by atoms with Crippen molar-refractivity contribution in [2.24, 2.45) is 11.8 Å². The van der Waals surface area contributed by atoms with Crippen LogP contribution < -0.4 is 0 Å². The molecule has 0 aliphatic heterocycles. The first-order valence-corrected chi connectivity index (χ1v) is 6.05. The van der Waals surface area contributed by atoms with E-state index >= 15 is 0 Å². The molecule has 0 spiro atoms. The summed E-state index contributed by atoms with van der Waals surface area (Å²) in [6.07, 6.45) is 2.13. The van der Waals surface area contributed by atoms with Gasteiger partial charge in [-0.15, -0.1) is 0 Å². The van der Waals surface area contributed by atoms with Crippen LogP contribution in [0.1, 0.15) is 48.5 Å². The molecule has 2 nitrogen and oxygen atoms in total. The van der Waals surface area contributed by atoms with Crippen molar-refractivity contribution in [1.82, 2.24) is 0 Å². The second kappa shape index (κ2) is 6.54. The summed E-state index contributed by atoms with van der Waals surface area (Å²) in [5.41, 5.74) is -0.216. The Bertz CT molecular complexity index is 151. The lowest BCUT2D eigenvalue weighted by Gasteiger charge is -2.23. The highest BCUT2D eigenvalue weighted by Crippen LogP contribution is 2.18. The molecule has 0 unspecified atom stereocenters. The van der Waals surface area contributed by atoms with Gasteiger partial charge in [-0.2, -0.15) is 0 Å². The van der Waals surface area contributed by atoms with Gasteiger partial charge in [0.25, 0.3) is 0 Å². The predicted molar refractivity (Wildman–Crippen MR) is 67.0 cm³/mol. The summed E-state index contributed by atoms with van der Waals surface area (Å²) in [5.74, 6) is 1.30. The van der Waals surface area contributed by atoms with E-state index in [0.717, 1.165) is 12.6 Å². The average Bonchev–Trinajstić information content (AvgIpc) is 1.96. The SMILES string of the molecule is CC(C)CB(CC(C)C)OOC(C)(C)C. The Kier molecular flexibility index (Phi) is 6.54. The molecule has 0 aromatic rings. The summed E-state index contributed by atoms with van der Waals surface area (Å²) in [7, 11) is 0. The first-order valence-electron chi connectivity index (χ1n) is 6.05. The highest BCUT2D eigenvalue weighted by atomic mass is 17.2. The molecule has 0 aliphatic carbocycles. The molecule has 0 saturated carbocycles. The Labute approximate surface area is 95.8 Å². The van der Waals surface area contributed by atoms with Crippen molar-refractivity contribution < 1.29 is 9.69 Å². The Morgan fingerprint density at radius 3 is 1.60 bits per heavy atom. The fourth-order valence-corrected chi connectivity index (χ4v) is 1.44. The van der Waals surface area contributed by atoms with Gasteiger partial charge in [0, 0.05) is 0 Å². The van der Waals surface area contributed by atoms with E-state index in [1.807, 2.05) is 20.8 Å². The lowest BCUT2D eigenvalue weighted by molar-refractivity contribution is -0.281. The van der Waals surface area contributed by atoms with Gasteiger partial charge in [-0.1, -0.05) is 39.5 Å². The lowest BCUT2D eigenvalue weighted by Crippen LogP contribution is -2.28. The molecule has 3 heteroatoms. The summed E-state index contributed by atoms with van der Waals surface area (Å²) >= 11 is 0. The quantitative estimate of drug-likeness (QED) is 0.377.